The number of rotatable bonds is 7. The number of aliphatic hydroxyl groups is 2. The Bertz CT molecular complexity index is 613. The van der Waals surface area contributed by atoms with E-state index >= 15 is 0 Å². The molecule has 1 amide bonds. The highest BCUT2D eigenvalue weighted by Gasteiger charge is 2.32. The van der Waals surface area contributed by atoms with Gasteiger partial charge in [0.1, 0.15) is 11.9 Å². The minimum Gasteiger partial charge on any atom is -0.396 e. The molecule has 0 aliphatic heterocycles. The predicted octanol–water partition coefficient (Wildman–Crippen LogP) is 0.0950. The monoisotopic (exact) mass is 333 g/mol. The second-order valence-electron chi connectivity index (χ2n) is 5.61. The predicted molar refractivity (Wildman–Crippen MR) is 78.3 cm³/mol. The van der Waals surface area contributed by atoms with Crippen molar-refractivity contribution in [3.05, 3.63) is 30.1 Å². The molecule has 0 bridgehead atoms. The maximum atomic E-state index is 12.8. The third-order valence-electron chi connectivity index (χ3n) is 3.24. The van der Waals surface area contributed by atoms with Crippen LogP contribution in [0.1, 0.15) is 13.8 Å². The van der Waals surface area contributed by atoms with Crippen molar-refractivity contribution in [3.8, 4) is 0 Å². The SMILES string of the molecule is CC(C)(CO)[C@@H](O)C(=O)NCCS(=O)(=O)c1ccc(F)cc1. The molecule has 3 N–H and O–H groups in total. The molecule has 6 nitrogen and oxygen atoms in total. The van der Waals surface area contributed by atoms with Gasteiger partial charge in [0.2, 0.25) is 5.91 Å². The first-order valence-electron chi connectivity index (χ1n) is 6.65. The van der Waals surface area contributed by atoms with Crippen molar-refractivity contribution >= 4 is 15.7 Å². The minimum atomic E-state index is -3.65. The first-order chi connectivity index (χ1) is 10.1. The van der Waals surface area contributed by atoms with Crippen molar-refractivity contribution in [2.45, 2.75) is 24.8 Å². The molecule has 1 atom stereocenters. The van der Waals surface area contributed by atoms with E-state index in [-0.39, 0.29) is 17.2 Å². The Kier molecular flexibility index (Phi) is 6.04. The average Bonchev–Trinajstić information content (AvgIpc) is 2.46. The van der Waals surface area contributed by atoms with E-state index in [9.17, 15) is 22.7 Å². The highest BCUT2D eigenvalue weighted by molar-refractivity contribution is 7.91. The van der Waals surface area contributed by atoms with Crippen LogP contribution in [0.25, 0.3) is 0 Å². The zero-order chi connectivity index (χ0) is 17.0. The lowest BCUT2D eigenvalue weighted by Crippen LogP contribution is -2.46. The number of carbonyl (C=O) groups excluding carboxylic acids is 1. The molecule has 8 heteroatoms. The van der Waals surface area contributed by atoms with Gasteiger partial charge in [-0.2, -0.15) is 0 Å². The number of hydrogen-bond donors (Lipinski definition) is 3. The van der Waals surface area contributed by atoms with Crippen LogP contribution < -0.4 is 5.32 Å². The maximum absolute atomic E-state index is 12.8. The average molecular weight is 333 g/mol. The Morgan fingerprint density at radius 3 is 2.36 bits per heavy atom. The Labute approximate surface area is 128 Å². The van der Waals surface area contributed by atoms with Crippen LogP contribution in [-0.4, -0.2) is 49.5 Å². The number of aliphatic hydroxyl groups excluding tert-OH is 2. The van der Waals surface area contributed by atoms with Gasteiger partial charge in [0, 0.05) is 12.0 Å². The second-order valence-corrected chi connectivity index (χ2v) is 7.72. The van der Waals surface area contributed by atoms with E-state index in [2.05, 4.69) is 5.32 Å². The van der Waals surface area contributed by atoms with E-state index in [4.69, 9.17) is 5.11 Å². The molecular weight excluding hydrogens is 313 g/mol. The molecule has 1 aromatic rings. The highest BCUT2D eigenvalue weighted by atomic mass is 32.2. The number of amides is 1. The van der Waals surface area contributed by atoms with Crippen LogP contribution in [0, 0.1) is 11.2 Å². The molecule has 0 spiro atoms. The molecule has 0 aliphatic rings. The fourth-order valence-electron chi connectivity index (χ4n) is 1.61. The number of sulfone groups is 1. The third kappa shape index (κ3) is 4.75. The van der Waals surface area contributed by atoms with Crippen LogP contribution in [0.15, 0.2) is 29.2 Å². The van der Waals surface area contributed by atoms with Crippen molar-refractivity contribution in [1.29, 1.82) is 0 Å². The van der Waals surface area contributed by atoms with Gasteiger partial charge in [-0.1, -0.05) is 13.8 Å². The quantitative estimate of drug-likeness (QED) is 0.614. The highest BCUT2D eigenvalue weighted by Crippen LogP contribution is 2.19. The van der Waals surface area contributed by atoms with Gasteiger partial charge in [0.25, 0.3) is 0 Å². The zero-order valence-electron chi connectivity index (χ0n) is 12.4. The largest absolute Gasteiger partial charge is 0.396 e. The van der Waals surface area contributed by atoms with Crippen molar-refractivity contribution < 1.29 is 27.8 Å². The molecule has 0 heterocycles. The molecule has 1 rings (SSSR count). The van der Waals surface area contributed by atoms with Gasteiger partial charge >= 0.3 is 0 Å². The van der Waals surface area contributed by atoms with Crippen LogP contribution in [0.4, 0.5) is 4.39 Å². The zero-order valence-corrected chi connectivity index (χ0v) is 13.2. The fraction of sp³-hybridized carbons (Fsp3) is 0.500. The summed E-state index contributed by atoms with van der Waals surface area (Å²) in [5.74, 6) is -1.67. The molecule has 0 aliphatic carbocycles. The molecule has 0 radical (unpaired) electrons. The minimum absolute atomic E-state index is 0.0422. The summed E-state index contributed by atoms with van der Waals surface area (Å²) in [5.41, 5.74) is -1.03. The van der Waals surface area contributed by atoms with Gasteiger partial charge in [0.15, 0.2) is 9.84 Å². The van der Waals surface area contributed by atoms with Gasteiger partial charge in [-0.15, -0.1) is 0 Å². The Hall–Kier alpha value is -1.51. The van der Waals surface area contributed by atoms with Gasteiger partial charge in [-0.25, -0.2) is 12.8 Å². The standard InChI is InChI=1S/C14H20FNO5S/c1-14(2,9-17)12(18)13(19)16-7-8-22(20,21)11-5-3-10(15)4-6-11/h3-6,12,17-18H,7-9H2,1-2H3,(H,16,19)/t12-/m0/s1. The molecular formula is C14H20FNO5S. The summed E-state index contributed by atoms with van der Waals surface area (Å²) in [6.45, 7) is 2.42. The normalized spacial score (nSPS) is 13.7. The smallest absolute Gasteiger partial charge is 0.249 e. The van der Waals surface area contributed by atoms with Gasteiger partial charge in [0.05, 0.1) is 17.3 Å². The Morgan fingerprint density at radius 1 is 1.32 bits per heavy atom. The summed E-state index contributed by atoms with van der Waals surface area (Å²) < 4.78 is 36.7. The number of halogens is 1. The lowest BCUT2D eigenvalue weighted by Gasteiger charge is -2.27. The topological polar surface area (TPSA) is 104 Å². The van der Waals surface area contributed by atoms with Crippen molar-refractivity contribution in [3.63, 3.8) is 0 Å². The van der Waals surface area contributed by atoms with Crippen molar-refractivity contribution in [2.75, 3.05) is 18.9 Å². The number of carbonyl (C=O) groups is 1. The Morgan fingerprint density at radius 2 is 1.86 bits per heavy atom. The number of hydrogen-bond acceptors (Lipinski definition) is 5. The lowest BCUT2D eigenvalue weighted by atomic mass is 9.87. The maximum Gasteiger partial charge on any atom is 0.249 e. The summed E-state index contributed by atoms with van der Waals surface area (Å²) in [6.07, 6.45) is -1.45. The summed E-state index contributed by atoms with van der Waals surface area (Å²) in [4.78, 5) is 11.7. The molecule has 0 aromatic heterocycles. The molecule has 0 saturated heterocycles. The van der Waals surface area contributed by atoms with Crippen LogP contribution in [-0.2, 0) is 14.6 Å². The van der Waals surface area contributed by atoms with Crippen molar-refractivity contribution in [1.82, 2.24) is 5.32 Å². The van der Waals surface area contributed by atoms with Gasteiger partial charge < -0.3 is 15.5 Å². The molecule has 124 valence electrons. The van der Waals surface area contributed by atoms with Crippen LogP contribution >= 0.6 is 0 Å². The first kappa shape index (κ1) is 18.5. The molecule has 0 saturated carbocycles. The summed E-state index contributed by atoms with van der Waals surface area (Å²) in [5, 5.41) is 21.1. The number of benzene rings is 1. The fourth-order valence-corrected chi connectivity index (χ4v) is 2.76. The van der Waals surface area contributed by atoms with Crippen LogP contribution in [0.5, 0.6) is 0 Å². The molecule has 1 aromatic carbocycles. The van der Waals surface area contributed by atoms with E-state index in [1.165, 1.54) is 13.8 Å². The lowest BCUT2D eigenvalue weighted by molar-refractivity contribution is -0.136. The van der Waals surface area contributed by atoms with Crippen LogP contribution in [0.2, 0.25) is 0 Å². The van der Waals surface area contributed by atoms with E-state index in [1.807, 2.05) is 0 Å². The Balaban J connectivity index is 2.60. The molecule has 22 heavy (non-hydrogen) atoms. The first-order valence-corrected chi connectivity index (χ1v) is 8.30. The summed E-state index contributed by atoms with van der Waals surface area (Å²) >= 11 is 0. The summed E-state index contributed by atoms with van der Waals surface area (Å²) in [7, 11) is -3.65. The van der Waals surface area contributed by atoms with Gasteiger partial charge in [-0.05, 0) is 24.3 Å². The van der Waals surface area contributed by atoms with Crippen molar-refractivity contribution in [2.24, 2.45) is 5.41 Å². The van der Waals surface area contributed by atoms with Gasteiger partial charge in [-0.3, -0.25) is 4.79 Å². The van der Waals surface area contributed by atoms with Crippen LogP contribution in [0.3, 0.4) is 0 Å². The number of nitrogens with one attached hydrogen (secondary N) is 1. The van der Waals surface area contributed by atoms with E-state index in [1.54, 1.807) is 0 Å². The second kappa shape index (κ2) is 7.17. The van der Waals surface area contributed by atoms with E-state index in [0.29, 0.717) is 0 Å². The third-order valence-corrected chi connectivity index (χ3v) is 4.97. The summed E-state index contributed by atoms with van der Waals surface area (Å²) in [6, 6.07) is 4.38. The molecule has 0 unspecified atom stereocenters. The molecule has 0 fully saturated rings. The van der Waals surface area contributed by atoms with E-state index < -0.39 is 39.7 Å². The van der Waals surface area contributed by atoms with E-state index in [0.717, 1.165) is 24.3 Å².